The van der Waals surface area contributed by atoms with Crippen molar-refractivity contribution >= 4 is 17.6 Å². The number of phenolic OH excluding ortho intramolecular Hbond substituents is 1. The van der Waals surface area contributed by atoms with Crippen LogP contribution in [0.2, 0.25) is 0 Å². The largest absolute Gasteiger partial charge is 0.507 e. The van der Waals surface area contributed by atoms with Gasteiger partial charge in [0.25, 0.3) is 11.7 Å². The van der Waals surface area contributed by atoms with E-state index in [0.29, 0.717) is 11.3 Å². The van der Waals surface area contributed by atoms with Crippen LogP contribution >= 0.6 is 0 Å². The highest BCUT2D eigenvalue weighted by molar-refractivity contribution is 6.04. The molecule has 1 fully saturated rings. The van der Waals surface area contributed by atoms with Crippen molar-refractivity contribution in [2.45, 2.75) is 11.9 Å². The van der Waals surface area contributed by atoms with Gasteiger partial charge in [0.1, 0.15) is 24.0 Å². The molecular weight excluding hydrogens is 326 g/mol. The predicted octanol–water partition coefficient (Wildman–Crippen LogP) is 1.77. The molecule has 2 aliphatic rings. The Morgan fingerprint density at radius 3 is 2.84 bits per heavy atom. The number of anilines is 1. The van der Waals surface area contributed by atoms with Crippen LogP contribution in [0.3, 0.4) is 0 Å². The minimum absolute atomic E-state index is 0.0695. The lowest BCUT2D eigenvalue weighted by Crippen LogP contribution is -2.36. The SMILES string of the molecule is O=C(OC[C@@H]1CO[C@@]2(O1)C(=O)Nc1ccccc12)c1ccccc1O. The van der Waals surface area contributed by atoms with E-state index in [4.69, 9.17) is 14.2 Å². The molecule has 7 nitrogen and oxygen atoms in total. The van der Waals surface area contributed by atoms with Crippen LogP contribution in [0.5, 0.6) is 5.75 Å². The van der Waals surface area contributed by atoms with Gasteiger partial charge < -0.3 is 24.6 Å². The summed E-state index contributed by atoms with van der Waals surface area (Å²) in [6.45, 7) is 0.0141. The average molecular weight is 341 g/mol. The van der Waals surface area contributed by atoms with E-state index in [1.54, 1.807) is 36.4 Å². The summed E-state index contributed by atoms with van der Waals surface area (Å²) < 4.78 is 16.6. The Morgan fingerprint density at radius 2 is 2.00 bits per heavy atom. The van der Waals surface area contributed by atoms with Gasteiger partial charge >= 0.3 is 5.97 Å². The van der Waals surface area contributed by atoms with Crippen LogP contribution in [0.15, 0.2) is 48.5 Å². The van der Waals surface area contributed by atoms with Gasteiger partial charge in [0, 0.05) is 5.56 Å². The fourth-order valence-electron chi connectivity index (χ4n) is 2.95. The molecule has 1 saturated heterocycles. The number of benzene rings is 2. The maximum Gasteiger partial charge on any atom is 0.342 e. The zero-order valence-electron chi connectivity index (χ0n) is 13.1. The highest BCUT2D eigenvalue weighted by atomic mass is 16.8. The van der Waals surface area contributed by atoms with Gasteiger partial charge in [-0.1, -0.05) is 30.3 Å². The Kier molecular flexibility index (Phi) is 3.67. The Morgan fingerprint density at radius 1 is 1.24 bits per heavy atom. The van der Waals surface area contributed by atoms with E-state index in [1.165, 1.54) is 12.1 Å². The number of aromatic hydroxyl groups is 1. The maximum atomic E-state index is 12.3. The molecule has 2 aliphatic heterocycles. The smallest absolute Gasteiger partial charge is 0.342 e. The fourth-order valence-corrected chi connectivity index (χ4v) is 2.95. The van der Waals surface area contributed by atoms with Crippen molar-refractivity contribution in [2.24, 2.45) is 0 Å². The van der Waals surface area contributed by atoms with Gasteiger partial charge in [-0.25, -0.2) is 4.79 Å². The van der Waals surface area contributed by atoms with Crippen molar-refractivity contribution in [3.8, 4) is 5.75 Å². The number of esters is 1. The maximum absolute atomic E-state index is 12.3. The van der Waals surface area contributed by atoms with Crippen LogP contribution in [-0.4, -0.2) is 36.3 Å². The van der Waals surface area contributed by atoms with Crippen molar-refractivity contribution < 1.29 is 28.9 Å². The van der Waals surface area contributed by atoms with Crippen LogP contribution in [0.4, 0.5) is 5.69 Å². The van der Waals surface area contributed by atoms with E-state index < -0.39 is 23.8 Å². The number of phenols is 1. The van der Waals surface area contributed by atoms with E-state index in [2.05, 4.69) is 5.32 Å². The lowest BCUT2D eigenvalue weighted by atomic mass is 10.1. The molecule has 25 heavy (non-hydrogen) atoms. The molecule has 0 radical (unpaired) electrons. The van der Waals surface area contributed by atoms with E-state index >= 15 is 0 Å². The number of carbonyl (C=O) groups excluding carboxylic acids is 2. The third-order valence-electron chi connectivity index (χ3n) is 4.16. The molecule has 1 spiro atoms. The number of hydrogen-bond acceptors (Lipinski definition) is 6. The zero-order chi connectivity index (χ0) is 17.4. The summed E-state index contributed by atoms with van der Waals surface area (Å²) in [6, 6.07) is 13.2. The van der Waals surface area contributed by atoms with Crippen molar-refractivity contribution in [3.63, 3.8) is 0 Å². The van der Waals surface area contributed by atoms with Crippen LogP contribution in [-0.2, 0) is 24.8 Å². The number of carbonyl (C=O) groups is 2. The van der Waals surface area contributed by atoms with E-state index in [9.17, 15) is 14.7 Å². The number of para-hydroxylation sites is 2. The molecule has 7 heteroatoms. The van der Waals surface area contributed by atoms with Crippen molar-refractivity contribution in [3.05, 3.63) is 59.7 Å². The summed E-state index contributed by atoms with van der Waals surface area (Å²) in [7, 11) is 0. The second kappa shape index (κ2) is 5.87. The summed E-state index contributed by atoms with van der Waals surface area (Å²) in [6.07, 6.45) is -0.591. The first-order valence-corrected chi connectivity index (χ1v) is 7.78. The van der Waals surface area contributed by atoms with Crippen LogP contribution in [0.25, 0.3) is 0 Å². The Balaban J connectivity index is 1.45. The molecule has 2 heterocycles. The molecular formula is C18H15NO6. The molecule has 0 aromatic heterocycles. The molecule has 0 saturated carbocycles. The quantitative estimate of drug-likeness (QED) is 0.827. The molecule has 128 valence electrons. The van der Waals surface area contributed by atoms with Gasteiger partial charge in [-0.05, 0) is 18.2 Å². The summed E-state index contributed by atoms with van der Waals surface area (Å²) in [4.78, 5) is 24.3. The van der Waals surface area contributed by atoms with E-state index in [0.717, 1.165) is 0 Å². The number of fused-ring (bicyclic) bond motifs is 2. The Labute approximate surface area is 143 Å². The Hall–Kier alpha value is -2.90. The first-order valence-electron chi connectivity index (χ1n) is 7.78. The molecule has 2 aromatic carbocycles. The number of ether oxygens (including phenoxy) is 3. The molecule has 0 bridgehead atoms. The minimum Gasteiger partial charge on any atom is -0.507 e. The van der Waals surface area contributed by atoms with E-state index in [-0.39, 0.29) is 24.5 Å². The highest BCUT2D eigenvalue weighted by Crippen LogP contribution is 2.43. The second-order valence-corrected chi connectivity index (χ2v) is 5.78. The van der Waals surface area contributed by atoms with E-state index in [1.807, 2.05) is 0 Å². The monoisotopic (exact) mass is 341 g/mol. The van der Waals surface area contributed by atoms with Gasteiger partial charge in [-0.3, -0.25) is 4.79 Å². The van der Waals surface area contributed by atoms with Crippen LogP contribution in [0.1, 0.15) is 15.9 Å². The third kappa shape index (κ3) is 2.54. The fraction of sp³-hybridized carbons (Fsp3) is 0.222. The van der Waals surface area contributed by atoms with Crippen molar-refractivity contribution in [1.82, 2.24) is 0 Å². The molecule has 0 unspecified atom stereocenters. The summed E-state index contributed by atoms with van der Waals surface area (Å²) in [5.74, 6) is -2.72. The van der Waals surface area contributed by atoms with Crippen LogP contribution < -0.4 is 5.32 Å². The number of amides is 1. The standard InChI is InChI=1S/C18H15NO6/c20-15-8-4-1-5-12(15)16(21)23-9-11-10-24-18(25-11)13-6-2-3-7-14(13)19-17(18)22/h1-8,11,20H,9-10H2,(H,19,22)/t11-,18+/m1/s1. The van der Waals surface area contributed by atoms with Crippen LogP contribution in [0, 0.1) is 0 Å². The van der Waals surface area contributed by atoms with Gasteiger partial charge in [-0.2, -0.15) is 0 Å². The highest BCUT2D eigenvalue weighted by Gasteiger charge is 2.55. The molecule has 2 aromatic rings. The molecule has 2 N–H and O–H groups in total. The summed E-state index contributed by atoms with van der Waals surface area (Å²) >= 11 is 0. The lowest BCUT2D eigenvalue weighted by molar-refractivity contribution is -0.185. The first-order chi connectivity index (χ1) is 12.1. The normalized spacial score (nSPS) is 24.2. The summed E-state index contributed by atoms with van der Waals surface area (Å²) in [5, 5.41) is 12.4. The molecule has 0 aliphatic carbocycles. The lowest BCUT2D eigenvalue weighted by Gasteiger charge is -2.20. The van der Waals surface area contributed by atoms with Gasteiger partial charge in [0.15, 0.2) is 0 Å². The van der Waals surface area contributed by atoms with Gasteiger partial charge in [0.2, 0.25) is 0 Å². The number of nitrogens with one attached hydrogen (secondary N) is 1. The summed E-state index contributed by atoms with van der Waals surface area (Å²) in [5.41, 5.74) is 1.31. The molecule has 1 amide bonds. The Bertz CT molecular complexity index is 851. The first kappa shape index (κ1) is 15.6. The average Bonchev–Trinajstić information content (AvgIpc) is 3.17. The third-order valence-corrected chi connectivity index (χ3v) is 4.16. The van der Waals surface area contributed by atoms with Gasteiger partial charge in [0.05, 0.1) is 12.3 Å². The van der Waals surface area contributed by atoms with Crippen molar-refractivity contribution in [2.75, 3.05) is 18.5 Å². The van der Waals surface area contributed by atoms with Gasteiger partial charge in [-0.15, -0.1) is 0 Å². The topological polar surface area (TPSA) is 94.1 Å². The molecule has 2 atom stereocenters. The van der Waals surface area contributed by atoms with Crippen molar-refractivity contribution in [1.29, 1.82) is 0 Å². The second-order valence-electron chi connectivity index (χ2n) is 5.78. The minimum atomic E-state index is -1.50. The molecule has 4 rings (SSSR count). The predicted molar refractivity (Wildman–Crippen MR) is 86.0 cm³/mol. The number of rotatable bonds is 3. The number of hydrogen-bond donors (Lipinski definition) is 2. The zero-order valence-corrected chi connectivity index (χ0v) is 13.1.